The fraction of sp³-hybridized carbons (Fsp3) is 0.588. The number of hydrogen-bond acceptors (Lipinski definition) is 3. The Morgan fingerprint density at radius 3 is 2.39 bits per heavy atom. The highest BCUT2D eigenvalue weighted by molar-refractivity contribution is 9.10. The van der Waals surface area contributed by atoms with Crippen LogP contribution in [0, 0.1) is 5.82 Å². The van der Waals surface area contributed by atoms with Crippen LogP contribution in [0.1, 0.15) is 46.5 Å². The second kappa shape index (κ2) is 7.51. The number of alkyl carbamates (subject to hydrolysis) is 1. The number of rotatable bonds is 3. The highest BCUT2D eigenvalue weighted by Crippen LogP contribution is 2.25. The molecule has 0 bridgehead atoms. The molecule has 1 aliphatic carbocycles. The van der Waals surface area contributed by atoms with Gasteiger partial charge in [0.05, 0.1) is 4.47 Å². The Morgan fingerprint density at radius 2 is 1.83 bits per heavy atom. The number of nitrogens with one attached hydrogen (secondary N) is 2. The zero-order valence-electron chi connectivity index (χ0n) is 13.8. The first-order valence-electron chi connectivity index (χ1n) is 7.94. The normalized spacial score (nSPS) is 21.6. The van der Waals surface area contributed by atoms with Crippen molar-refractivity contribution in [1.29, 1.82) is 0 Å². The summed E-state index contributed by atoms with van der Waals surface area (Å²) >= 11 is 3.15. The quantitative estimate of drug-likeness (QED) is 0.781. The number of halogens is 2. The van der Waals surface area contributed by atoms with Crippen molar-refractivity contribution in [1.82, 2.24) is 5.32 Å². The minimum Gasteiger partial charge on any atom is -0.444 e. The number of carbonyl (C=O) groups excluding carboxylic acids is 1. The minimum atomic E-state index is -0.478. The molecule has 4 nitrogen and oxygen atoms in total. The number of benzene rings is 1. The van der Waals surface area contributed by atoms with Crippen molar-refractivity contribution in [3.63, 3.8) is 0 Å². The monoisotopic (exact) mass is 386 g/mol. The van der Waals surface area contributed by atoms with Crippen LogP contribution in [0.15, 0.2) is 22.7 Å². The standard InChI is InChI=1S/C17H24BrFN2O2/c1-17(2,3)23-16(22)21-12-6-4-11(5-7-12)20-13-8-9-14(18)15(19)10-13/h8-12,20H,4-7H2,1-3H3,(H,21,22). The summed E-state index contributed by atoms with van der Waals surface area (Å²) in [6, 6.07) is 5.50. The van der Waals surface area contributed by atoms with Crippen molar-refractivity contribution in [3.05, 3.63) is 28.5 Å². The van der Waals surface area contributed by atoms with Crippen molar-refractivity contribution in [2.24, 2.45) is 0 Å². The van der Waals surface area contributed by atoms with Gasteiger partial charge in [-0.25, -0.2) is 9.18 Å². The van der Waals surface area contributed by atoms with Gasteiger partial charge in [-0.2, -0.15) is 0 Å². The number of ether oxygens (including phenoxy) is 1. The summed E-state index contributed by atoms with van der Waals surface area (Å²) in [6.45, 7) is 5.56. The highest BCUT2D eigenvalue weighted by Gasteiger charge is 2.24. The second-order valence-electron chi connectivity index (χ2n) is 6.97. The molecule has 0 heterocycles. The van der Waals surface area contributed by atoms with E-state index >= 15 is 0 Å². The third-order valence-corrected chi connectivity index (χ3v) is 4.38. The Labute approximate surface area is 145 Å². The van der Waals surface area contributed by atoms with Crippen molar-refractivity contribution < 1.29 is 13.9 Å². The van der Waals surface area contributed by atoms with Crippen LogP contribution >= 0.6 is 15.9 Å². The van der Waals surface area contributed by atoms with E-state index in [1.54, 1.807) is 6.07 Å². The smallest absolute Gasteiger partial charge is 0.407 e. The van der Waals surface area contributed by atoms with Crippen LogP contribution in [0.3, 0.4) is 0 Å². The van der Waals surface area contributed by atoms with E-state index in [2.05, 4.69) is 26.6 Å². The molecule has 0 aromatic heterocycles. The molecule has 0 spiro atoms. The van der Waals surface area contributed by atoms with Gasteiger partial charge < -0.3 is 15.4 Å². The molecule has 23 heavy (non-hydrogen) atoms. The SMILES string of the molecule is CC(C)(C)OC(=O)NC1CCC(Nc2ccc(Br)c(F)c2)CC1. The largest absolute Gasteiger partial charge is 0.444 e. The van der Waals surface area contributed by atoms with E-state index in [1.165, 1.54) is 6.07 Å². The molecule has 1 fully saturated rings. The highest BCUT2D eigenvalue weighted by atomic mass is 79.9. The van der Waals surface area contributed by atoms with Crippen LogP contribution in [-0.4, -0.2) is 23.8 Å². The minimum absolute atomic E-state index is 0.143. The molecule has 0 atom stereocenters. The van der Waals surface area contributed by atoms with Crippen LogP contribution in [0.5, 0.6) is 0 Å². The Kier molecular flexibility index (Phi) is 5.89. The van der Waals surface area contributed by atoms with E-state index in [-0.39, 0.29) is 18.0 Å². The Hall–Kier alpha value is -1.30. The van der Waals surface area contributed by atoms with Gasteiger partial charge in [0.15, 0.2) is 0 Å². The van der Waals surface area contributed by atoms with Crippen LogP contribution in [0.4, 0.5) is 14.9 Å². The van der Waals surface area contributed by atoms with Gasteiger partial charge in [0, 0.05) is 17.8 Å². The predicted molar refractivity (Wildman–Crippen MR) is 93.1 cm³/mol. The van der Waals surface area contributed by atoms with Crippen molar-refractivity contribution in [2.45, 2.75) is 64.1 Å². The first kappa shape index (κ1) is 18.0. The van der Waals surface area contributed by atoms with E-state index in [9.17, 15) is 9.18 Å². The lowest BCUT2D eigenvalue weighted by atomic mass is 9.91. The molecule has 1 saturated carbocycles. The van der Waals surface area contributed by atoms with Gasteiger partial charge in [-0.1, -0.05) is 0 Å². The third kappa shape index (κ3) is 6.01. The summed E-state index contributed by atoms with van der Waals surface area (Å²) in [4.78, 5) is 11.8. The average molecular weight is 387 g/mol. The lowest BCUT2D eigenvalue weighted by Crippen LogP contribution is -2.42. The number of hydrogen-bond donors (Lipinski definition) is 2. The van der Waals surface area contributed by atoms with Crippen LogP contribution in [0.25, 0.3) is 0 Å². The molecule has 1 amide bonds. The molecule has 0 unspecified atom stereocenters. The molecule has 0 radical (unpaired) electrons. The van der Waals surface area contributed by atoms with E-state index in [4.69, 9.17) is 4.74 Å². The summed E-state index contributed by atoms with van der Waals surface area (Å²) in [5.74, 6) is -0.268. The number of anilines is 1. The maximum Gasteiger partial charge on any atom is 0.407 e. The average Bonchev–Trinajstić information content (AvgIpc) is 2.43. The number of amides is 1. The first-order valence-corrected chi connectivity index (χ1v) is 8.73. The van der Waals surface area contributed by atoms with Gasteiger partial charge in [-0.05, 0) is 80.6 Å². The lowest BCUT2D eigenvalue weighted by molar-refractivity contribution is 0.0492. The van der Waals surface area contributed by atoms with Crippen LogP contribution in [-0.2, 0) is 4.74 Å². The fourth-order valence-electron chi connectivity index (χ4n) is 2.68. The molecular weight excluding hydrogens is 363 g/mol. The lowest BCUT2D eigenvalue weighted by Gasteiger charge is -2.31. The summed E-state index contributed by atoms with van der Waals surface area (Å²) in [5, 5.41) is 6.28. The summed E-state index contributed by atoms with van der Waals surface area (Å²) in [6.07, 6.45) is 3.27. The van der Waals surface area contributed by atoms with Crippen molar-refractivity contribution in [3.8, 4) is 0 Å². The van der Waals surface area contributed by atoms with Crippen molar-refractivity contribution >= 4 is 27.7 Å². The zero-order chi connectivity index (χ0) is 17.0. The van der Waals surface area contributed by atoms with Gasteiger partial charge in [-0.3, -0.25) is 0 Å². The van der Waals surface area contributed by atoms with Crippen LogP contribution < -0.4 is 10.6 Å². The predicted octanol–water partition coefficient (Wildman–Crippen LogP) is 4.84. The first-order chi connectivity index (χ1) is 10.7. The maximum absolute atomic E-state index is 13.5. The van der Waals surface area contributed by atoms with Gasteiger partial charge >= 0.3 is 6.09 Å². The molecule has 0 aliphatic heterocycles. The van der Waals surface area contributed by atoms with Crippen molar-refractivity contribution in [2.75, 3.05) is 5.32 Å². The topological polar surface area (TPSA) is 50.4 Å². The molecule has 1 aromatic carbocycles. The summed E-state index contributed by atoms with van der Waals surface area (Å²) < 4.78 is 19.3. The Balaban J connectivity index is 1.77. The molecule has 128 valence electrons. The molecule has 0 saturated heterocycles. The van der Waals surface area contributed by atoms with E-state index in [0.717, 1.165) is 31.4 Å². The molecule has 6 heteroatoms. The number of carbonyl (C=O) groups is 1. The molecule has 1 aromatic rings. The Bertz CT molecular complexity index is 552. The maximum atomic E-state index is 13.5. The molecule has 2 N–H and O–H groups in total. The zero-order valence-corrected chi connectivity index (χ0v) is 15.4. The van der Waals surface area contributed by atoms with Gasteiger partial charge in [-0.15, -0.1) is 0 Å². The molecule has 1 aliphatic rings. The molecular formula is C17H24BrFN2O2. The summed E-state index contributed by atoms with van der Waals surface area (Å²) in [5.41, 5.74) is 0.309. The van der Waals surface area contributed by atoms with E-state index in [1.807, 2.05) is 26.8 Å². The van der Waals surface area contributed by atoms with Gasteiger partial charge in [0.1, 0.15) is 11.4 Å². The third-order valence-electron chi connectivity index (χ3n) is 3.74. The fourth-order valence-corrected chi connectivity index (χ4v) is 2.92. The summed E-state index contributed by atoms with van der Waals surface area (Å²) in [7, 11) is 0. The van der Waals surface area contributed by atoms with E-state index in [0.29, 0.717) is 10.5 Å². The Morgan fingerprint density at radius 1 is 1.22 bits per heavy atom. The van der Waals surface area contributed by atoms with Gasteiger partial charge in [0.2, 0.25) is 0 Å². The van der Waals surface area contributed by atoms with E-state index < -0.39 is 5.60 Å². The molecule has 2 rings (SSSR count). The van der Waals surface area contributed by atoms with Gasteiger partial charge in [0.25, 0.3) is 0 Å². The van der Waals surface area contributed by atoms with Crippen LogP contribution in [0.2, 0.25) is 0 Å². The second-order valence-corrected chi connectivity index (χ2v) is 7.82.